The van der Waals surface area contributed by atoms with Crippen molar-refractivity contribution >= 4 is 61.0 Å². The minimum atomic E-state index is -0.680. The maximum Gasteiger partial charge on any atom is 0.255 e. The average Bonchev–Trinajstić information content (AvgIpc) is 3.71. The number of anilines is 2. The summed E-state index contributed by atoms with van der Waals surface area (Å²) in [4.78, 5) is 38.2. The maximum absolute atomic E-state index is 15.0. The zero-order chi connectivity index (χ0) is 39.7. The van der Waals surface area contributed by atoms with Crippen LogP contribution in [0.1, 0.15) is 75.5 Å². The molecule has 12 nitrogen and oxygen atoms in total. The Kier molecular flexibility index (Phi) is 8.77. The fraction of sp³-hybridized carbons (Fsp3) is 0.295. The van der Waals surface area contributed by atoms with Gasteiger partial charge >= 0.3 is 0 Å². The number of nitriles is 1. The van der Waals surface area contributed by atoms with Crippen LogP contribution in [0.5, 0.6) is 5.88 Å². The Morgan fingerprint density at radius 1 is 1.19 bits per heavy atom. The van der Waals surface area contributed by atoms with Crippen molar-refractivity contribution in [2.45, 2.75) is 62.9 Å². The highest BCUT2D eigenvalue weighted by Crippen LogP contribution is 2.56. The van der Waals surface area contributed by atoms with Crippen LogP contribution in [-0.2, 0) is 28.1 Å². The number of pyridine rings is 1. The molecule has 10 rings (SSSR count). The second-order valence-electron chi connectivity index (χ2n) is 15.5. The van der Waals surface area contributed by atoms with Crippen molar-refractivity contribution < 1.29 is 27.9 Å². The molecule has 0 unspecified atom stereocenters. The van der Waals surface area contributed by atoms with Crippen LogP contribution in [0.25, 0.3) is 27.6 Å². The quantitative estimate of drug-likeness (QED) is 0.139. The molecule has 1 saturated heterocycles. The Balaban J connectivity index is 0.849. The van der Waals surface area contributed by atoms with Crippen LogP contribution >= 0.6 is 0 Å². The molecule has 4 aliphatic rings. The van der Waals surface area contributed by atoms with E-state index in [1.807, 2.05) is 37.3 Å². The van der Waals surface area contributed by atoms with Crippen molar-refractivity contribution in [2.75, 3.05) is 30.3 Å². The number of rotatable bonds is 10. The molecule has 3 aromatic heterocycles. The third kappa shape index (κ3) is 6.17. The first-order valence-electron chi connectivity index (χ1n) is 19.4. The van der Waals surface area contributed by atoms with Gasteiger partial charge in [-0.15, -0.1) is 0 Å². The number of aromatic nitrogens is 3. The van der Waals surface area contributed by atoms with Crippen LogP contribution in [0.4, 0.5) is 15.8 Å². The highest BCUT2D eigenvalue weighted by molar-refractivity contribution is 6.12. The minimum Gasteiger partial charge on any atom is -0.473 e. The van der Waals surface area contributed by atoms with E-state index in [1.165, 1.54) is 6.07 Å². The van der Waals surface area contributed by atoms with E-state index in [0.717, 1.165) is 58.5 Å². The van der Waals surface area contributed by atoms with Crippen LogP contribution in [-0.4, -0.2) is 67.3 Å². The molecule has 14 heteroatoms. The van der Waals surface area contributed by atoms with Gasteiger partial charge in [-0.1, -0.05) is 18.2 Å². The number of aryl methyl sites for hydroxylation is 1. The summed E-state index contributed by atoms with van der Waals surface area (Å²) in [7, 11) is 3.96. The van der Waals surface area contributed by atoms with Gasteiger partial charge in [0.25, 0.3) is 5.91 Å². The molecular weight excluding hydrogens is 754 g/mol. The van der Waals surface area contributed by atoms with Gasteiger partial charge in [-0.2, -0.15) is 5.26 Å². The number of furan rings is 1. The van der Waals surface area contributed by atoms with Crippen LogP contribution in [0, 0.1) is 24.1 Å². The molecule has 6 aromatic rings. The van der Waals surface area contributed by atoms with E-state index < -0.39 is 17.1 Å². The highest BCUT2D eigenvalue weighted by atomic mass is 28.1. The van der Waals surface area contributed by atoms with Crippen LogP contribution in [0.2, 0.25) is 0 Å². The number of nitrogens with one attached hydrogen (secondary N) is 2. The molecule has 2 N–H and O–H groups in total. The molecule has 3 radical (unpaired) electrons. The molecule has 3 aromatic carbocycles. The number of hydrogen-bond acceptors (Lipinski definition) is 9. The van der Waals surface area contributed by atoms with E-state index in [0.29, 0.717) is 71.9 Å². The van der Waals surface area contributed by atoms with E-state index in [-0.39, 0.29) is 30.0 Å². The molecule has 6 heterocycles. The summed E-state index contributed by atoms with van der Waals surface area (Å²) in [6.07, 6.45) is 6.87. The monoisotopic (exact) mass is 790 g/mol. The highest BCUT2D eigenvalue weighted by Gasteiger charge is 2.57. The summed E-state index contributed by atoms with van der Waals surface area (Å²) in [6.45, 7) is 4.91. The summed E-state index contributed by atoms with van der Waals surface area (Å²) in [6, 6.07) is 20.0. The van der Waals surface area contributed by atoms with Gasteiger partial charge in [0.1, 0.15) is 23.8 Å². The van der Waals surface area contributed by atoms with E-state index in [9.17, 15) is 14.9 Å². The number of amides is 2. The molecule has 289 valence electrons. The molecule has 2 amide bonds. The number of ether oxygens (including phenoxy) is 2. The fourth-order valence-corrected chi connectivity index (χ4v) is 8.97. The summed E-state index contributed by atoms with van der Waals surface area (Å²) >= 11 is 0. The van der Waals surface area contributed by atoms with Crippen molar-refractivity contribution in [1.82, 2.24) is 19.4 Å². The summed E-state index contributed by atoms with van der Waals surface area (Å²) in [5.74, 6) is 0.200. The predicted molar refractivity (Wildman–Crippen MR) is 215 cm³/mol. The van der Waals surface area contributed by atoms with Crippen LogP contribution in [0.3, 0.4) is 0 Å². The lowest BCUT2D eigenvalue weighted by Gasteiger charge is -2.34. The normalized spacial score (nSPS) is 18.7. The van der Waals surface area contributed by atoms with Gasteiger partial charge < -0.3 is 29.1 Å². The first-order chi connectivity index (χ1) is 28.2. The summed E-state index contributed by atoms with van der Waals surface area (Å²) in [5, 5.41) is 15.9. The van der Waals surface area contributed by atoms with Gasteiger partial charge in [0, 0.05) is 53.6 Å². The topological polar surface area (TPSA) is 148 Å². The number of halogens is 1. The number of benzene rings is 3. The lowest BCUT2D eigenvalue weighted by molar-refractivity contribution is -0.117. The zero-order valence-corrected chi connectivity index (χ0v) is 32.6. The lowest BCUT2D eigenvalue weighted by atomic mass is 9.97. The molecule has 0 bridgehead atoms. The van der Waals surface area contributed by atoms with Crippen LogP contribution < -0.4 is 15.4 Å². The minimum absolute atomic E-state index is 0.0128. The first-order valence-corrected chi connectivity index (χ1v) is 20.0. The van der Waals surface area contributed by atoms with Gasteiger partial charge in [0.05, 0.1) is 68.6 Å². The number of fused-ring (bicyclic) bond motifs is 4. The van der Waals surface area contributed by atoms with Crippen molar-refractivity contribution in [3.8, 4) is 11.9 Å². The Hall–Kier alpha value is -6.14. The third-order valence-corrected chi connectivity index (χ3v) is 12.5. The molecule has 1 aliphatic carbocycles. The zero-order valence-electron chi connectivity index (χ0n) is 31.6. The molecule has 2 fully saturated rings. The van der Waals surface area contributed by atoms with Gasteiger partial charge in [-0.05, 0) is 91.8 Å². The predicted octanol–water partition coefficient (Wildman–Crippen LogP) is 7.06. The SMILES string of the molecule is Cc1coc2c(COc3cccc(C4=CCN(Cc5nc6cc(C(=O)Nc7cc(F)c8c(c7)C7(CC7)C(=O)N8)ccc6n5[C@H]([Si])[C@@H]5CCO5)CC4)n3)ccc(C#N)c12. The molecule has 1 saturated carbocycles. The fourth-order valence-electron chi connectivity index (χ4n) is 8.42. The lowest BCUT2D eigenvalue weighted by Crippen LogP contribution is -2.38. The number of carbonyl (C=O) groups excluding carboxylic acids is 2. The molecule has 1 spiro atoms. The van der Waals surface area contributed by atoms with E-state index in [1.54, 1.807) is 30.5 Å². The van der Waals surface area contributed by atoms with Gasteiger partial charge in [-0.25, -0.2) is 14.4 Å². The van der Waals surface area contributed by atoms with Crippen molar-refractivity contribution in [3.63, 3.8) is 0 Å². The van der Waals surface area contributed by atoms with Crippen molar-refractivity contribution in [1.29, 1.82) is 5.26 Å². The molecule has 58 heavy (non-hydrogen) atoms. The standard InChI is InChI=1S/C44H37FN7O5Si/c1-24-22-57-40-28(6-5-27(20-46)38(24)40)23-56-37-4-2-3-32(49-37)25-9-14-51(15-10-25)21-36-48-33-17-26(7-8-34(33)52(36)42(58)35-11-16-55-35)41(53)47-29-18-30-39(31(45)19-29)50-43(54)44(30)12-13-44/h2-9,17-19,22,35,42H,10-16,21,23H2,1H3,(H,47,53)(H,50,54)/t35-,42+/m0/s1. The van der Waals surface area contributed by atoms with Crippen LogP contribution in [0.15, 0.2) is 77.4 Å². The van der Waals surface area contributed by atoms with Crippen molar-refractivity contribution in [3.05, 3.63) is 118 Å². The summed E-state index contributed by atoms with van der Waals surface area (Å²) in [5.41, 5.74) is 7.17. The summed E-state index contributed by atoms with van der Waals surface area (Å²) < 4.78 is 35.0. The second kappa shape index (κ2) is 14.0. The van der Waals surface area contributed by atoms with E-state index >= 15 is 4.39 Å². The van der Waals surface area contributed by atoms with Gasteiger partial charge in [0.15, 0.2) is 0 Å². The number of hydrogen-bond donors (Lipinski definition) is 2. The van der Waals surface area contributed by atoms with E-state index in [2.05, 4.69) is 42.5 Å². The Labute approximate surface area is 336 Å². The number of carbonyl (C=O) groups is 2. The van der Waals surface area contributed by atoms with Crippen molar-refractivity contribution in [2.24, 2.45) is 0 Å². The average molecular weight is 791 g/mol. The molecular formula is C44H37FN7O5Si. The van der Waals surface area contributed by atoms with E-state index in [4.69, 9.17) is 23.9 Å². The smallest absolute Gasteiger partial charge is 0.255 e. The number of imidazole rings is 1. The molecule has 3 aliphatic heterocycles. The Bertz CT molecular complexity index is 2760. The number of nitrogens with zero attached hydrogens (tertiary/aromatic N) is 5. The van der Waals surface area contributed by atoms with Gasteiger partial charge in [-0.3, -0.25) is 14.5 Å². The Morgan fingerprint density at radius 2 is 2.05 bits per heavy atom. The third-order valence-electron chi connectivity index (χ3n) is 11.9. The molecule has 2 atom stereocenters. The first kappa shape index (κ1) is 36.2. The largest absolute Gasteiger partial charge is 0.473 e. The second-order valence-corrected chi connectivity index (χ2v) is 16.1. The maximum atomic E-state index is 15.0. The Morgan fingerprint density at radius 3 is 2.81 bits per heavy atom. The van der Waals surface area contributed by atoms with Gasteiger partial charge in [0.2, 0.25) is 11.8 Å².